The number of carbonyl (C=O) groups excluding carboxylic acids is 1. The van der Waals surface area contributed by atoms with E-state index in [9.17, 15) is 4.79 Å². The van der Waals surface area contributed by atoms with Crippen LogP contribution in [-0.4, -0.2) is 21.7 Å². The van der Waals surface area contributed by atoms with Gasteiger partial charge in [-0.15, -0.1) is 0 Å². The van der Waals surface area contributed by atoms with Crippen LogP contribution in [0.25, 0.3) is 0 Å². The Bertz CT molecular complexity index is 407. The molecule has 0 saturated heterocycles. The Morgan fingerprint density at radius 1 is 1.59 bits per heavy atom. The molecule has 1 aliphatic rings. The molecule has 0 aromatic carbocycles. The van der Waals surface area contributed by atoms with E-state index in [-0.39, 0.29) is 11.9 Å². The molecule has 1 fully saturated rings. The average Bonchev–Trinajstić information content (AvgIpc) is 2.87. The Hall–Kier alpha value is -1.52. The molecule has 3 N–H and O–H groups in total. The number of aromatic nitrogens is 2. The molecule has 1 aromatic rings. The molecule has 2 rings (SSSR count). The minimum absolute atomic E-state index is 0.164. The molecule has 0 aliphatic heterocycles. The first kappa shape index (κ1) is 12.0. The third-order valence-electron chi connectivity index (χ3n) is 3.54. The molecule has 1 amide bonds. The van der Waals surface area contributed by atoms with Gasteiger partial charge in [0.15, 0.2) is 5.69 Å². The van der Waals surface area contributed by atoms with E-state index in [1.54, 1.807) is 17.9 Å². The number of hydrogen-bond donors (Lipinski definition) is 2. The lowest BCUT2D eigenvalue weighted by molar-refractivity contribution is 0.0922. The summed E-state index contributed by atoms with van der Waals surface area (Å²) in [7, 11) is 1.76. The lowest BCUT2D eigenvalue weighted by Crippen LogP contribution is -2.37. The topological polar surface area (TPSA) is 72.9 Å². The van der Waals surface area contributed by atoms with Crippen molar-refractivity contribution in [3.05, 3.63) is 11.9 Å². The molecule has 5 heteroatoms. The van der Waals surface area contributed by atoms with Gasteiger partial charge in [-0.3, -0.25) is 9.48 Å². The van der Waals surface area contributed by atoms with E-state index < -0.39 is 0 Å². The molecule has 1 heterocycles. The Morgan fingerprint density at radius 3 is 2.76 bits per heavy atom. The van der Waals surface area contributed by atoms with E-state index in [0.29, 0.717) is 17.3 Å². The molecule has 0 spiro atoms. The summed E-state index contributed by atoms with van der Waals surface area (Å²) in [5, 5.41) is 7.07. The zero-order chi connectivity index (χ0) is 12.4. The summed E-state index contributed by atoms with van der Waals surface area (Å²) in [6.07, 6.45) is 6.61. The van der Waals surface area contributed by atoms with Gasteiger partial charge in [-0.05, 0) is 25.7 Å². The second kappa shape index (κ2) is 4.77. The van der Waals surface area contributed by atoms with Gasteiger partial charge in [-0.2, -0.15) is 5.10 Å². The van der Waals surface area contributed by atoms with Crippen molar-refractivity contribution in [2.75, 3.05) is 5.73 Å². The van der Waals surface area contributed by atoms with E-state index in [0.717, 1.165) is 0 Å². The van der Waals surface area contributed by atoms with Crippen LogP contribution in [0.1, 0.15) is 43.1 Å². The molecule has 17 heavy (non-hydrogen) atoms. The number of amides is 1. The molecule has 1 saturated carbocycles. The number of anilines is 1. The Labute approximate surface area is 101 Å². The summed E-state index contributed by atoms with van der Waals surface area (Å²) in [5.41, 5.74) is 6.49. The Morgan fingerprint density at radius 2 is 2.24 bits per heavy atom. The number of carbonyl (C=O) groups is 1. The van der Waals surface area contributed by atoms with Gasteiger partial charge in [0.2, 0.25) is 0 Å². The van der Waals surface area contributed by atoms with Gasteiger partial charge >= 0.3 is 0 Å². The van der Waals surface area contributed by atoms with E-state index in [1.165, 1.54) is 25.7 Å². The maximum absolute atomic E-state index is 12.0. The molecule has 1 atom stereocenters. The first-order valence-corrected chi connectivity index (χ1v) is 6.18. The number of nitrogen functional groups attached to an aromatic ring is 1. The zero-order valence-electron chi connectivity index (χ0n) is 10.4. The van der Waals surface area contributed by atoms with Crippen molar-refractivity contribution in [3.8, 4) is 0 Å². The molecule has 5 nitrogen and oxygen atoms in total. The Balaban J connectivity index is 1.98. The summed E-state index contributed by atoms with van der Waals surface area (Å²) in [6.45, 7) is 2.06. The quantitative estimate of drug-likeness (QED) is 0.831. The van der Waals surface area contributed by atoms with Crippen molar-refractivity contribution in [3.63, 3.8) is 0 Å². The smallest absolute Gasteiger partial charge is 0.274 e. The van der Waals surface area contributed by atoms with Gasteiger partial charge < -0.3 is 11.1 Å². The highest BCUT2D eigenvalue weighted by molar-refractivity contribution is 5.97. The third kappa shape index (κ3) is 2.60. The molecule has 1 aromatic heterocycles. The van der Waals surface area contributed by atoms with Crippen LogP contribution in [0.15, 0.2) is 6.20 Å². The third-order valence-corrected chi connectivity index (χ3v) is 3.54. The largest absolute Gasteiger partial charge is 0.396 e. The highest BCUT2D eigenvalue weighted by Crippen LogP contribution is 2.27. The van der Waals surface area contributed by atoms with Crippen LogP contribution in [0, 0.1) is 5.92 Å². The van der Waals surface area contributed by atoms with Crippen molar-refractivity contribution in [2.24, 2.45) is 13.0 Å². The zero-order valence-corrected chi connectivity index (χ0v) is 10.4. The fourth-order valence-electron chi connectivity index (χ4n) is 2.53. The first-order valence-electron chi connectivity index (χ1n) is 6.18. The summed E-state index contributed by atoms with van der Waals surface area (Å²) >= 11 is 0. The van der Waals surface area contributed by atoms with E-state index >= 15 is 0 Å². The maximum Gasteiger partial charge on any atom is 0.274 e. The van der Waals surface area contributed by atoms with Gasteiger partial charge in [0.05, 0.1) is 5.69 Å². The number of nitrogens with zero attached hydrogens (tertiary/aromatic N) is 2. The summed E-state index contributed by atoms with van der Waals surface area (Å²) in [6, 6.07) is 0.200. The van der Waals surface area contributed by atoms with E-state index in [4.69, 9.17) is 5.73 Å². The van der Waals surface area contributed by atoms with Gasteiger partial charge in [-0.25, -0.2) is 0 Å². The second-order valence-corrected chi connectivity index (χ2v) is 4.91. The predicted octanol–water partition coefficient (Wildman–Crippen LogP) is 1.31. The molecule has 1 unspecified atom stereocenters. The lowest BCUT2D eigenvalue weighted by atomic mass is 10.00. The first-order chi connectivity index (χ1) is 8.08. The number of rotatable bonds is 3. The van der Waals surface area contributed by atoms with E-state index in [1.807, 2.05) is 0 Å². The highest BCUT2D eigenvalue weighted by Gasteiger charge is 2.24. The van der Waals surface area contributed by atoms with Crippen LogP contribution in [0.2, 0.25) is 0 Å². The van der Waals surface area contributed by atoms with Crippen molar-refractivity contribution in [2.45, 2.75) is 38.6 Å². The summed E-state index contributed by atoms with van der Waals surface area (Å²) in [4.78, 5) is 12.0. The van der Waals surface area contributed by atoms with Crippen LogP contribution >= 0.6 is 0 Å². The van der Waals surface area contributed by atoms with Crippen LogP contribution < -0.4 is 11.1 Å². The van der Waals surface area contributed by atoms with Crippen LogP contribution in [-0.2, 0) is 7.05 Å². The second-order valence-electron chi connectivity index (χ2n) is 4.91. The summed E-state index contributed by atoms with van der Waals surface area (Å²) < 4.78 is 1.56. The predicted molar refractivity (Wildman–Crippen MR) is 66.5 cm³/mol. The fraction of sp³-hybridized carbons (Fsp3) is 0.667. The maximum atomic E-state index is 12.0. The molecule has 94 valence electrons. The molecular formula is C12H20N4O. The lowest BCUT2D eigenvalue weighted by Gasteiger charge is -2.19. The van der Waals surface area contributed by atoms with Gasteiger partial charge in [0.1, 0.15) is 0 Å². The molecule has 0 radical (unpaired) electrons. The number of hydrogen-bond acceptors (Lipinski definition) is 3. The van der Waals surface area contributed by atoms with Crippen LogP contribution in [0.3, 0.4) is 0 Å². The van der Waals surface area contributed by atoms with Crippen LogP contribution in [0.5, 0.6) is 0 Å². The molecule has 1 aliphatic carbocycles. The molecular weight excluding hydrogens is 216 g/mol. The number of aryl methyl sites for hydroxylation is 1. The van der Waals surface area contributed by atoms with E-state index in [2.05, 4.69) is 17.3 Å². The monoisotopic (exact) mass is 236 g/mol. The molecule has 0 bridgehead atoms. The Kier molecular flexibility index (Phi) is 3.36. The summed E-state index contributed by atoms with van der Waals surface area (Å²) in [5.74, 6) is 0.436. The highest BCUT2D eigenvalue weighted by atomic mass is 16.2. The van der Waals surface area contributed by atoms with Gasteiger partial charge in [-0.1, -0.05) is 12.8 Å². The SMILES string of the molecule is CC(NC(=O)c1nn(C)cc1N)C1CCCC1. The van der Waals surface area contributed by atoms with Crippen LogP contribution in [0.4, 0.5) is 5.69 Å². The fourth-order valence-corrected chi connectivity index (χ4v) is 2.53. The van der Waals surface area contributed by atoms with Crippen molar-refractivity contribution in [1.29, 1.82) is 0 Å². The minimum Gasteiger partial charge on any atom is -0.396 e. The van der Waals surface area contributed by atoms with Crippen molar-refractivity contribution >= 4 is 11.6 Å². The number of nitrogens with one attached hydrogen (secondary N) is 1. The average molecular weight is 236 g/mol. The van der Waals surface area contributed by atoms with Crippen molar-refractivity contribution in [1.82, 2.24) is 15.1 Å². The normalized spacial score (nSPS) is 18.2. The minimum atomic E-state index is -0.164. The van der Waals surface area contributed by atoms with Gasteiger partial charge in [0.25, 0.3) is 5.91 Å². The standard InChI is InChI=1S/C12H20N4O/c1-8(9-5-3-4-6-9)14-12(17)11-10(13)7-16(2)15-11/h7-9H,3-6,13H2,1-2H3,(H,14,17). The van der Waals surface area contributed by atoms with Crippen molar-refractivity contribution < 1.29 is 4.79 Å². The number of nitrogens with two attached hydrogens (primary N) is 1. The van der Waals surface area contributed by atoms with Gasteiger partial charge in [0, 0.05) is 19.3 Å².